The number of para-hydroxylation sites is 1. The van der Waals surface area contributed by atoms with Gasteiger partial charge in [0, 0.05) is 11.6 Å². The lowest BCUT2D eigenvalue weighted by Gasteiger charge is -2.22. The van der Waals surface area contributed by atoms with Crippen molar-refractivity contribution in [3.63, 3.8) is 0 Å². The van der Waals surface area contributed by atoms with Crippen LogP contribution in [0.15, 0.2) is 42.5 Å². The van der Waals surface area contributed by atoms with Gasteiger partial charge in [-0.25, -0.2) is 0 Å². The first-order valence-electron chi connectivity index (χ1n) is 6.94. The molecule has 0 spiro atoms. The Kier molecular flexibility index (Phi) is 3.68. The molecule has 21 heavy (non-hydrogen) atoms. The highest BCUT2D eigenvalue weighted by molar-refractivity contribution is 5.99. The van der Waals surface area contributed by atoms with E-state index in [1.54, 1.807) is 0 Å². The van der Waals surface area contributed by atoms with E-state index in [9.17, 15) is 4.79 Å². The predicted molar refractivity (Wildman–Crippen MR) is 80.8 cm³/mol. The first-order chi connectivity index (χ1) is 10.2. The minimum Gasteiger partial charge on any atom is -0.374 e. The number of carbonyl (C=O) groups is 1. The van der Waals surface area contributed by atoms with E-state index < -0.39 is 0 Å². The molecule has 2 aromatic rings. The zero-order chi connectivity index (χ0) is 14.7. The van der Waals surface area contributed by atoms with Gasteiger partial charge in [-0.3, -0.25) is 9.89 Å². The number of allylic oxidation sites excluding steroid dienone is 1. The molecule has 0 aliphatic heterocycles. The number of rotatable bonds is 5. The number of Topliss-reactive ketones (excluding diaryl/α,β-unsaturated/α-hetero) is 1. The smallest absolute Gasteiger partial charge is 0.239 e. The number of nitrogens with two attached hydrogens (primary N) is 1. The maximum atomic E-state index is 12.7. The summed E-state index contributed by atoms with van der Waals surface area (Å²) in [5.41, 5.74) is 6.39. The summed E-state index contributed by atoms with van der Waals surface area (Å²) in [6, 6.07) is 9.30. The number of anilines is 2. The lowest BCUT2D eigenvalue weighted by atomic mass is 9.94. The topological polar surface area (TPSA) is 96.7 Å². The number of aromatic amines is 1. The van der Waals surface area contributed by atoms with Gasteiger partial charge in [0.1, 0.15) is 0 Å². The van der Waals surface area contributed by atoms with E-state index in [0.29, 0.717) is 0 Å². The summed E-state index contributed by atoms with van der Waals surface area (Å²) in [5, 5.41) is 9.62. The van der Waals surface area contributed by atoms with Crippen LogP contribution >= 0.6 is 0 Å². The summed E-state index contributed by atoms with van der Waals surface area (Å²) < 4.78 is 0. The third-order valence-corrected chi connectivity index (χ3v) is 3.59. The molecule has 6 nitrogen and oxygen atoms in total. The minimum absolute atomic E-state index is 0.0822. The second-order valence-electron chi connectivity index (χ2n) is 5.06. The van der Waals surface area contributed by atoms with Gasteiger partial charge in [0.2, 0.25) is 11.7 Å². The molecule has 1 aromatic carbocycles. The second-order valence-corrected chi connectivity index (χ2v) is 5.06. The zero-order valence-electron chi connectivity index (χ0n) is 11.5. The van der Waals surface area contributed by atoms with Crippen molar-refractivity contribution in [3.8, 4) is 0 Å². The fraction of sp³-hybridized carbons (Fsp3) is 0.267. The Morgan fingerprint density at radius 2 is 2.19 bits per heavy atom. The lowest BCUT2D eigenvalue weighted by molar-refractivity contribution is 0.0942. The molecule has 0 saturated carbocycles. The maximum Gasteiger partial charge on any atom is 0.239 e. The standard InChI is InChI=1S/C15H17N5O/c16-15-18-14(19-20-15)13(21)12(10-6-4-5-7-10)17-11-8-2-1-3-9-11/h1-4,6,8-10,12,17H,5,7H2,(H3,16,18,19,20). The largest absolute Gasteiger partial charge is 0.374 e. The fourth-order valence-electron chi connectivity index (χ4n) is 2.55. The van der Waals surface area contributed by atoms with Crippen molar-refractivity contribution in [2.75, 3.05) is 11.1 Å². The van der Waals surface area contributed by atoms with Crippen LogP contribution in [0.4, 0.5) is 11.6 Å². The molecule has 0 radical (unpaired) electrons. The Labute approximate surface area is 122 Å². The second kappa shape index (κ2) is 5.78. The zero-order valence-corrected chi connectivity index (χ0v) is 11.5. The molecule has 1 aliphatic carbocycles. The Morgan fingerprint density at radius 1 is 1.38 bits per heavy atom. The highest BCUT2D eigenvalue weighted by atomic mass is 16.1. The summed E-state index contributed by atoms with van der Waals surface area (Å²) >= 11 is 0. The average Bonchev–Trinajstić information content (AvgIpc) is 3.16. The van der Waals surface area contributed by atoms with Gasteiger partial charge >= 0.3 is 0 Å². The van der Waals surface area contributed by atoms with Crippen molar-refractivity contribution in [1.29, 1.82) is 0 Å². The molecule has 1 aliphatic rings. The number of hydrogen-bond donors (Lipinski definition) is 3. The molecule has 4 N–H and O–H groups in total. The summed E-state index contributed by atoms with van der Waals surface area (Å²) in [5.74, 6) is 0.295. The van der Waals surface area contributed by atoms with Crippen LogP contribution in [0.1, 0.15) is 23.5 Å². The van der Waals surface area contributed by atoms with Crippen LogP contribution in [0.5, 0.6) is 0 Å². The van der Waals surface area contributed by atoms with Crippen molar-refractivity contribution < 1.29 is 4.79 Å². The van der Waals surface area contributed by atoms with Crippen LogP contribution in [0.25, 0.3) is 0 Å². The molecule has 108 valence electrons. The van der Waals surface area contributed by atoms with E-state index in [0.717, 1.165) is 18.5 Å². The molecule has 0 bridgehead atoms. The van der Waals surface area contributed by atoms with Gasteiger partial charge in [0.15, 0.2) is 5.82 Å². The van der Waals surface area contributed by atoms with Gasteiger partial charge < -0.3 is 11.1 Å². The van der Waals surface area contributed by atoms with Gasteiger partial charge in [-0.1, -0.05) is 30.4 Å². The molecule has 6 heteroatoms. The summed E-state index contributed by atoms with van der Waals surface area (Å²) in [4.78, 5) is 16.6. The molecule has 0 saturated heterocycles. The van der Waals surface area contributed by atoms with Crippen LogP contribution in [-0.2, 0) is 0 Å². The highest BCUT2D eigenvalue weighted by Crippen LogP contribution is 2.25. The van der Waals surface area contributed by atoms with Crippen LogP contribution in [0.2, 0.25) is 0 Å². The number of H-pyrrole nitrogens is 1. The molecule has 0 fully saturated rings. The first-order valence-corrected chi connectivity index (χ1v) is 6.94. The number of ketones is 1. The number of carbonyl (C=O) groups excluding carboxylic acids is 1. The van der Waals surface area contributed by atoms with E-state index in [1.807, 2.05) is 30.3 Å². The molecule has 0 amide bonds. The van der Waals surface area contributed by atoms with Crippen LogP contribution < -0.4 is 11.1 Å². The first kappa shape index (κ1) is 13.4. The average molecular weight is 283 g/mol. The molecule has 2 atom stereocenters. The van der Waals surface area contributed by atoms with Gasteiger partial charge in [-0.2, -0.15) is 4.98 Å². The van der Waals surface area contributed by atoms with Gasteiger partial charge in [0.05, 0.1) is 6.04 Å². The molecule has 3 rings (SSSR count). The monoisotopic (exact) mass is 283 g/mol. The molecule has 1 aromatic heterocycles. The number of nitrogens with one attached hydrogen (secondary N) is 2. The van der Waals surface area contributed by atoms with Crippen LogP contribution in [0, 0.1) is 5.92 Å². The van der Waals surface area contributed by atoms with Gasteiger partial charge in [-0.15, -0.1) is 5.10 Å². The van der Waals surface area contributed by atoms with E-state index >= 15 is 0 Å². The van der Waals surface area contributed by atoms with Gasteiger partial charge in [0.25, 0.3) is 0 Å². The fourth-order valence-corrected chi connectivity index (χ4v) is 2.55. The van der Waals surface area contributed by atoms with Crippen LogP contribution in [-0.4, -0.2) is 27.0 Å². The number of nitrogen functional groups attached to an aromatic ring is 1. The number of hydrogen-bond acceptors (Lipinski definition) is 5. The Balaban J connectivity index is 1.85. The lowest BCUT2D eigenvalue weighted by Crippen LogP contribution is -2.36. The predicted octanol–water partition coefficient (Wildman–Crippen LogP) is 2.02. The molecular weight excluding hydrogens is 266 g/mol. The normalized spacial score (nSPS) is 18.6. The SMILES string of the molecule is Nc1n[nH]c(C(=O)C(Nc2ccccc2)C2C=CCC2)n1. The van der Waals surface area contributed by atoms with E-state index in [-0.39, 0.29) is 29.5 Å². The quantitative estimate of drug-likeness (QED) is 0.576. The van der Waals surface area contributed by atoms with Crippen LogP contribution in [0.3, 0.4) is 0 Å². The molecule has 2 unspecified atom stereocenters. The Bertz CT molecular complexity index is 649. The van der Waals surface area contributed by atoms with E-state index in [2.05, 4.69) is 32.7 Å². The number of nitrogens with zero attached hydrogens (tertiary/aromatic N) is 2. The van der Waals surface area contributed by atoms with Crippen molar-refractivity contribution in [1.82, 2.24) is 15.2 Å². The third-order valence-electron chi connectivity index (χ3n) is 3.59. The van der Waals surface area contributed by atoms with Crippen molar-refractivity contribution in [2.24, 2.45) is 5.92 Å². The highest BCUT2D eigenvalue weighted by Gasteiger charge is 2.30. The number of aromatic nitrogens is 3. The third kappa shape index (κ3) is 2.94. The molecular formula is C15H17N5O. The van der Waals surface area contributed by atoms with Crippen molar-refractivity contribution in [2.45, 2.75) is 18.9 Å². The maximum absolute atomic E-state index is 12.7. The van der Waals surface area contributed by atoms with E-state index in [4.69, 9.17) is 5.73 Å². The summed E-state index contributed by atoms with van der Waals surface area (Å²) in [6.45, 7) is 0. The summed E-state index contributed by atoms with van der Waals surface area (Å²) in [6.07, 6.45) is 6.12. The Morgan fingerprint density at radius 3 is 2.81 bits per heavy atom. The molecule has 1 heterocycles. The van der Waals surface area contributed by atoms with E-state index in [1.165, 1.54) is 0 Å². The van der Waals surface area contributed by atoms with Gasteiger partial charge in [-0.05, 0) is 25.0 Å². The van der Waals surface area contributed by atoms with Crippen molar-refractivity contribution >= 4 is 17.4 Å². The minimum atomic E-state index is -0.376. The Hall–Kier alpha value is -2.63. The number of benzene rings is 1. The van der Waals surface area contributed by atoms with Crippen molar-refractivity contribution in [3.05, 3.63) is 48.3 Å². The summed E-state index contributed by atoms with van der Waals surface area (Å²) in [7, 11) is 0.